The lowest BCUT2D eigenvalue weighted by Gasteiger charge is -2.15. The number of alkyl halides is 3. The lowest BCUT2D eigenvalue weighted by molar-refractivity contribution is -0.152. The third-order valence-electron chi connectivity index (χ3n) is 5.26. The van der Waals surface area contributed by atoms with Crippen LogP contribution in [0.2, 0.25) is 10.0 Å². The van der Waals surface area contributed by atoms with Gasteiger partial charge in [-0.05, 0) is 48.0 Å². The Morgan fingerprint density at radius 3 is 2.29 bits per heavy atom. The van der Waals surface area contributed by atoms with Crippen molar-refractivity contribution in [1.82, 2.24) is 0 Å². The normalized spacial score (nSPS) is 11.3. The minimum absolute atomic E-state index is 0.0841. The van der Waals surface area contributed by atoms with Gasteiger partial charge in [-0.1, -0.05) is 29.3 Å². The molecule has 4 aromatic rings. The van der Waals surface area contributed by atoms with E-state index in [0.29, 0.717) is 5.02 Å². The van der Waals surface area contributed by atoms with Crippen molar-refractivity contribution in [2.75, 3.05) is 20.8 Å². The second-order valence-electron chi connectivity index (χ2n) is 7.70. The van der Waals surface area contributed by atoms with Gasteiger partial charge in [0, 0.05) is 11.1 Å². The minimum atomic E-state index is -5.02. The van der Waals surface area contributed by atoms with Gasteiger partial charge in [-0.3, -0.25) is 4.79 Å². The number of carbonyl (C=O) groups excluding carboxylic acids is 1. The highest BCUT2D eigenvalue weighted by Crippen LogP contribution is 2.40. The molecule has 0 aliphatic heterocycles. The number of esters is 1. The Bertz CT molecular complexity index is 1580. The Morgan fingerprint density at radius 2 is 1.63 bits per heavy atom. The fraction of sp³-hybridized carbons (Fsp3) is 0.154. The molecule has 4 rings (SSSR count). The van der Waals surface area contributed by atoms with Crippen LogP contribution < -0.4 is 24.4 Å². The summed E-state index contributed by atoms with van der Waals surface area (Å²) in [5.74, 6) is -1.99. The molecule has 0 atom stereocenters. The first-order chi connectivity index (χ1) is 18.0. The molecule has 0 radical (unpaired) electrons. The van der Waals surface area contributed by atoms with E-state index in [0.717, 1.165) is 6.07 Å². The van der Waals surface area contributed by atoms with Gasteiger partial charge in [-0.25, -0.2) is 4.79 Å². The monoisotopic (exact) mass is 568 g/mol. The maximum absolute atomic E-state index is 14.0. The van der Waals surface area contributed by atoms with Crippen LogP contribution in [0.5, 0.6) is 23.0 Å². The molecule has 0 aliphatic rings. The largest absolute Gasteiger partial charge is 0.493 e. The van der Waals surface area contributed by atoms with Gasteiger partial charge in [0.2, 0.25) is 11.2 Å². The van der Waals surface area contributed by atoms with Crippen LogP contribution in [0, 0.1) is 0 Å². The van der Waals surface area contributed by atoms with Gasteiger partial charge in [-0.15, -0.1) is 0 Å². The summed E-state index contributed by atoms with van der Waals surface area (Å²) < 4.78 is 67.8. The topological polar surface area (TPSA) is 84.2 Å². The smallest absolute Gasteiger partial charge is 0.450 e. The molecule has 12 heteroatoms. The highest BCUT2D eigenvalue weighted by atomic mass is 35.5. The summed E-state index contributed by atoms with van der Waals surface area (Å²) in [7, 11) is 2.68. The van der Waals surface area contributed by atoms with E-state index >= 15 is 0 Å². The molecular formula is C26H17Cl2F3O7. The number of ether oxygens (including phenoxy) is 4. The van der Waals surface area contributed by atoms with Crippen molar-refractivity contribution in [1.29, 1.82) is 0 Å². The summed E-state index contributed by atoms with van der Waals surface area (Å²) in [6.07, 6.45) is -5.02. The predicted octanol–water partition coefficient (Wildman–Crippen LogP) is 6.79. The minimum Gasteiger partial charge on any atom is -0.493 e. The predicted molar refractivity (Wildman–Crippen MR) is 134 cm³/mol. The van der Waals surface area contributed by atoms with Gasteiger partial charge in [0.1, 0.15) is 17.1 Å². The number of benzene rings is 3. The van der Waals surface area contributed by atoms with Crippen LogP contribution in [0.3, 0.4) is 0 Å². The highest BCUT2D eigenvalue weighted by molar-refractivity contribution is 6.35. The quantitative estimate of drug-likeness (QED) is 0.179. The van der Waals surface area contributed by atoms with Crippen LogP contribution in [0.4, 0.5) is 13.2 Å². The second-order valence-corrected chi connectivity index (χ2v) is 8.54. The standard InChI is InChI=1S/C26H17Cl2F3O7/c1-34-19-7-3-13(9-21(19)35-2)23-24(33)16-6-5-15(11-20(16)38-25(23)26(29,30)31)37-22(32)12-36-18-8-4-14(27)10-17(18)28/h3-11H,12H2,1-2H3. The van der Waals surface area contributed by atoms with Gasteiger partial charge in [0.15, 0.2) is 18.1 Å². The summed E-state index contributed by atoms with van der Waals surface area (Å²) in [5, 5.41) is 0.379. The van der Waals surface area contributed by atoms with Gasteiger partial charge in [-0.2, -0.15) is 13.2 Å². The van der Waals surface area contributed by atoms with Crippen LogP contribution in [0.1, 0.15) is 5.76 Å². The molecule has 0 unspecified atom stereocenters. The van der Waals surface area contributed by atoms with Gasteiger partial charge >= 0.3 is 12.1 Å². The van der Waals surface area contributed by atoms with Crippen molar-refractivity contribution in [2.24, 2.45) is 0 Å². The number of carbonyl (C=O) groups is 1. The maximum atomic E-state index is 14.0. The van der Waals surface area contributed by atoms with Crippen LogP contribution in [0.15, 0.2) is 63.8 Å². The van der Waals surface area contributed by atoms with Crippen LogP contribution in [0.25, 0.3) is 22.1 Å². The molecule has 0 bridgehead atoms. The highest BCUT2D eigenvalue weighted by Gasteiger charge is 2.39. The summed E-state index contributed by atoms with van der Waals surface area (Å²) >= 11 is 11.8. The molecule has 3 aromatic carbocycles. The zero-order chi connectivity index (χ0) is 27.6. The molecule has 0 spiro atoms. The summed E-state index contributed by atoms with van der Waals surface area (Å²) in [6, 6.07) is 11.8. The third-order valence-corrected chi connectivity index (χ3v) is 5.80. The summed E-state index contributed by atoms with van der Waals surface area (Å²) in [4.78, 5) is 25.5. The fourth-order valence-corrected chi connectivity index (χ4v) is 4.04. The Hall–Kier alpha value is -3.89. The van der Waals surface area contributed by atoms with Gasteiger partial charge in [0.05, 0.1) is 30.2 Å². The molecule has 198 valence electrons. The number of fused-ring (bicyclic) bond motifs is 1. The SMILES string of the molecule is COc1ccc(-c2c(C(F)(F)F)oc3cc(OC(=O)COc4ccc(Cl)cc4Cl)ccc3c2=O)cc1OC. The summed E-state index contributed by atoms with van der Waals surface area (Å²) in [6.45, 7) is -0.560. The number of hydrogen-bond donors (Lipinski definition) is 0. The lowest BCUT2D eigenvalue weighted by Crippen LogP contribution is -2.18. The van der Waals surface area contributed by atoms with Crippen molar-refractivity contribution in [3.05, 3.63) is 80.6 Å². The Balaban J connectivity index is 1.68. The molecule has 0 amide bonds. The molecular weight excluding hydrogens is 552 g/mol. The molecule has 7 nitrogen and oxygen atoms in total. The lowest BCUT2D eigenvalue weighted by atomic mass is 10.0. The fourth-order valence-electron chi connectivity index (χ4n) is 3.58. The van der Waals surface area contributed by atoms with Gasteiger partial charge in [0.25, 0.3) is 0 Å². The van der Waals surface area contributed by atoms with Crippen molar-refractivity contribution in [2.45, 2.75) is 6.18 Å². The van der Waals surface area contributed by atoms with E-state index in [4.69, 9.17) is 46.6 Å². The first kappa shape index (κ1) is 27.2. The number of rotatable bonds is 7. The first-order valence-electron chi connectivity index (χ1n) is 10.7. The Kier molecular flexibility index (Phi) is 7.75. The van der Waals surface area contributed by atoms with E-state index in [1.807, 2.05) is 0 Å². The van der Waals surface area contributed by atoms with Crippen molar-refractivity contribution < 1.29 is 41.3 Å². The molecule has 0 saturated carbocycles. The molecule has 38 heavy (non-hydrogen) atoms. The van der Waals surface area contributed by atoms with E-state index in [9.17, 15) is 22.8 Å². The maximum Gasteiger partial charge on any atom is 0.450 e. The van der Waals surface area contributed by atoms with Crippen molar-refractivity contribution in [3.63, 3.8) is 0 Å². The van der Waals surface area contributed by atoms with Gasteiger partial charge < -0.3 is 23.4 Å². The van der Waals surface area contributed by atoms with E-state index < -0.39 is 41.1 Å². The molecule has 1 heterocycles. The van der Waals surface area contributed by atoms with E-state index in [1.54, 1.807) is 0 Å². The molecule has 0 saturated heterocycles. The van der Waals surface area contributed by atoms with E-state index in [1.165, 1.54) is 62.8 Å². The molecule has 0 N–H and O–H groups in total. The zero-order valence-corrected chi connectivity index (χ0v) is 21.2. The third kappa shape index (κ3) is 5.66. The van der Waals surface area contributed by atoms with Crippen molar-refractivity contribution in [3.8, 4) is 34.1 Å². The first-order valence-corrected chi connectivity index (χ1v) is 11.5. The van der Waals surface area contributed by atoms with E-state index in [2.05, 4.69) is 0 Å². The number of halogens is 5. The number of methoxy groups -OCH3 is 2. The average Bonchev–Trinajstić information content (AvgIpc) is 2.87. The average molecular weight is 569 g/mol. The zero-order valence-electron chi connectivity index (χ0n) is 19.7. The molecule has 0 fully saturated rings. The molecule has 1 aromatic heterocycles. The van der Waals surface area contributed by atoms with Crippen LogP contribution >= 0.6 is 23.2 Å². The van der Waals surface area contributed by atoms with E-state index in [-0.39, 0.29) is 39.0 Å². The van der Waals surface area contributed by atoms with Crippen molar-refractivity contribution >= 4 is 40.1 Å². The molecule has 0 aliphatic carbocycles. The second kappa shape index (κ2) is 10.8. The Labute approximate surface area is 223 Å². The van der Waals surface area contributed by atoms with Crippen LogP contribution in [-0.2, 0) is 11.0 Å². The number of hydrogen-bond acceptors (Lipinski definition) is 7. The Morgan fingerprint density at radius 1 is 0.921 bits per heavy atom. The van der Waals surface area contributed by atoms with Crippen LogP contribution in [-0.4, -0.2) is 26.8 Å². The summed E-state index contributed by atoms with van der Waals surface area (Å²) in [5.41, 5.74) is -2.16.